The second-order valence-corrected chi connectivity index (χ2v) is 4.71. The highest BCUT2D eigenvalue weighted by Gasteiger charge is 2.10. The van der Waals surface area contributed by atoms with Gasteiger partial charge in [-0.2, -0.15) is 0 Å². The van der Waals surface area contributed by atoms with Gasteiger partial charge in [-0.05, 0) is 33.4 Å². The van der Waals surface area contributed by atoms with Crippen LogP contribution in [0.25, 0.3) is 0 Å². The average Bonchev–Trinajstić information content (AvgIpc) is 2.31. The minimum atomic E-state index is 0.165. The third-order valence-corrected chi connectivity index (χ3v) is 3.04. The van der Waals surface area contributed by atoms with E-state index in [9.17, 15) is 4.79 Å². The Labute approximate surface area is 106 Å². The normalized spacial score (nSPS) is 11.2. The molecule has 17 heavy (non-hydrogen) atoms. The van der Waals surface area contributed by atoms with E-state index in [-0.39, 0.29) is 11.9 Å². The zero-order chi connectivity index (χ0) is 13.3. The van der Waals surface area contributed by atoms with Crippen LogP contribution in [0, 0.1) is 0 Å². The first-order valence-electron chi connectivity index (χ1n) is 6.71. The van der Waals surface area contributed by atoms with Crippen molar-refractivity contribution < 1.29 is 4.79 Å². The van der Waals surface area contributed by atoms with Gasteiger partial charge >= 0.3 is 0 Å². The molecule has 0 heterocycles. The van der Waals surface area contributed by atoms with Gasteiger partial charge in [0.2, 0.25) is 5.91 Å². The van der Waals surface area contributed by atoms with E-state index >= 15 is 0 Å². The summed E-state index contributed by atoms with van der Waals surface area (Å²) in [6.45, 7) is 13.0. The van der Waals surface area contributed by atoms with E-state index in [1.54, 1.807) is 4.90 Å². The van der Waals surface area contributed by atoms with Crippen molar-refractivity contribution in [1.29, 1.82) is 0 Å². The molecule has 0 saturated carbocycles. The average molecular weight is 243 g/mol. The van der Waals surface area contributed by atoms with E-state index < -0.39 is 0 Å². The first-order valence-corrected chi connectivity index (χ1v) is 6.71. The van der Waals surface area contributed by atoms with Gasteiger partial charge in [0, 0.05) is 26.2 Å². The van der Waals surface area contributed by atoms with Crippen LogP contribution in [0.3, 0.4) is 0 Å². The second-order valence-electron chi connectivity index (χ2n) is 4.71. The number of amides is 1. The molecule has 0 radical (unpaired) electrons. The number of carbonyl (C=O) groups excluding carboxylic acids is 1. The Morgan fingerprint density at radius 2 is 1.88 bits per heavy atom. The van der Waals surface area contributed by atoms with Crippen LogP contribution in [0.4, 0.5) is 0 Å². The summed E-state index contributed by atoms with van der Waals surface area (Å²) < 4.78 is 0. The lowest BCUT2D eigenvalue weighted by molar-refractivity contribution is -0.130. The highest BCUT2D eigenvalue weighted by atomic mass is 16.2. The summed E-state index contributed by atoms with van der Waals surface area (Å²) in [5.74, 6) is 0.165. The number of nitrogens with zero attached hydrogens (tertiary/aromatic N) is 2. The fraction of sp³-hybridized carbons (Fsp3) is 0.923. The van der Waals surface area contributed by atoms with Crippen molar-refractivity contribution in [2.24, 2.45) is 0 Å². The van der Waals surface area contributed by atoms with Crippen molar-refractivity contribution in [3.05, 3.63) is 0 Å². The Morgan fingerprint density at radius 1 is 1.24 bits per heavy atom. The molecule has 0 bridgehead atoms. The van der Waals surface area contributed by atoms with Crippen molar-refractivity contribution in [2.45, 2.75) is 40.2 Å². The van der Waals surface area contributed by atoms with Crippen molar-refractivity contribution in [3.63, 3.8) is 0 Å². The zero-order valence-corrected chi connectivity index (χ0v) is 12.1. The predicted octanol–water partition coefficient (Wildman–Crippen LogP) is 1.17. The van der Waals surface area contributed by atoms with E-state index in [0.717, 1.165) is 26.2 Å². The summed E-state index contributed by atoms with van der Waals surface area (Å²) in [7, 11) is 1.85. The van der Waals surface area contributed by atoms with Crippen molar-refractivity contribution in [2.75, 3.05) is 39.8 Å². The molecule has 102 valence electrons. The van der Waals surface area contributed by atoms with Gasteiger partial charge < -0.3 is 15.1 Å². The lowest BCUT2D eigenvalue weighted by Crippen LogP contribution is -2.41. The van der Waals surface area contributed by atoms with Crippen LogP contribution < -0.4 is 5.32 Å². The van der Waals surface area contributed by atoms with Crippen LogP contribution in [0.5, 0.6) is 0 Å². The molecule has 0 atom stereocenters. The minimum Gasteiger partial charge on any atom is -0.342 e. The highest BCUT2D eigenvalue weighted by molar-refractivity contribution is 5.78. The predicted molar refractivity (Wildman–Crippen MR) is 73.2 cm³/mol. The number of rotatable bonds is 9. The lowest BCUT2D eigenvalue weighted by Gasteiger charge is -2.23. The van der Waals surface area contributed by atoms with Gasteiger partial charge in [0.15, 0.2) is 0 Å². The maximum absolute atomic E-state index is 11.7. The topological polar surface area (TPSA) is 35.6 Å². The molecule has 0 spiro atoms. The molecule has 0 aliphatic heterocycles. The van der Waals surface area contributed by atoms with E-state index in [0.29, 0.717) is 6.54 Å². The molecule has 0 aliphatic rings. The maximum Gasteiger partial charge on any atom is 0.236 e. The summed E-state index contributed by atoms with van der Waals surface area (Å²) in [5, 5.41) is 3.21. The van der Waals surface area contributed by atoms with Gasteiger partial charge in [0.1, 0.15) is 0 Å². The maximum atomic E-state index is 11.7. The second kappa shape index (κ2) is 9.42. The Bertz CT molecular complexity index is 207. The van der Waals surface area contributed by atoms with Crippen LogP contribution in [-0.4, -0.2) is 61.5 Å². The SMILES string of the molecule is CCCN(CC)CCNCC(=O)N(C)C(C)C. The number of likely N-dealkylation sites (N-methyl/N-ethyl adjacent to an activating group) is 2. The van der Waals surface area contributed by atoms with Crippen LogP contribution in [0.2, 0.25) is 0 Å². The molecule has 0 aromatic rings. The molecule has 0 saturated heterocycles. The molecule has 0 unspecified atom stereocenters. The van der Waals surface area contributed by atoms with E-state index in [1.165, 1.54) is 6.42 Å². The Balaban J connectivity index is 3.66. The summed E-state index contributed by atoms with van der Waals surface area (Å²) in [6, 6.07) is 0.275. The third kappa shape index (κ3) is 7.34. The number of hydrogen-bond donors (Lipinski definition) is 1. The molecular formula is C13H29N3O. The summed E-state index contributed by atoms with van der Waals surface area (Å²) in [4.78, 5) is 15.8. The molecule has 0 aromatic heterocycles. The van der Waals surface area contributed by atoms with Crippen molar-refractivity contribution in [3.8, 4) is 0 Å². The standard InChI is InChI=1S/C13H29N3O/c1-6-9-16(7-2)10-8-14-11-13(17)15(5)12(3)4/h12,14H,6-11H2,1-5H3. The zero-order valence-electron chi connectivity index (χ0n) is 12.1. The summed E-state index contributed by atoms with van der Waals surface area (Å²) in [6.07, 6.45) is 1.18. The minimum absolute atomic E-state index is 0.165. The summed E-state index contributed by atoms with van der Waals surface area (Å²) in [5.41, 5.74) is 0. The first-order chi connectivity index (χ1) is 8.02. The molecule has 0 aliphatic carbocycles. The van der Waals surface area contributed by atoms with Gasteiger partial charge in [-0.3, -0.25) is 4.79 Å². The number of hydrogen-bond acceptors (Lipinski definition) is 3. The molecule has 0 aromatic carbocycles. The molecule has 0 fully saturated rings. The smallest absolute Gasteiger partial charge is 0.236 e. The van der Waals surface area contributed by atoms with Gasteiger partial charge in [-0.1, -0.05) is 13.8 Å². The molecule has 1 N–H and O–H groups in total. The number of nitrogens with one attached hydrogen (secondary N) is 1. The van der Waals surface area contributed by atoms with E-state index in [4.69, 9.17) is 0 Å². The lowest BCUT2D eigenvalue weighted by atomic mass is 10.3. The molecular weight excluding hydrogens is 214 g/mol. The third-order valence-electron chi connectivity index (χ3n) is 3.04. The monoisotopic (exact) mass is 243 g/mol. The van der Waals surface area contributed by atoms with Gasteiger partial charge in [-0.25, -0.2) is 0 Å². The van der Waals surface area contributed by atoms with Gasteiger partial charge in [0.25, 0.3) is 0 Å². The summed E-state index contributed by atoms with van der Waals surface area (Å²) >= 11 is 0. The highest BCUT2D eigenvalue weighted by Crippen LogP contribution is 1.93. The molecule has 4 heteroatoms. The molecule has 1 amide bonds. The fourth-order valence-corrected chi connectivity index (χ4v) is 1.59. The van der Waals surface area contributed by atoms with E-state index in [2.05, 4.69) is 24.1 Å². The Kier molecular flexibility index (Phi) is 9.09. The van der Waals surface area contributed by atoms with E-state index in [1.807, 2.05) is 20.9 Å². The van der Waals surface area contributed by atoms with Gasteiger partial charge in [-0.15, -0.1) is 0 Å². The fourth-order valence-electron chi connectivity index (χ4n) is 1.59. The van der Waals surface area contributed by atoms with Crippen LogP contribution in [-0.2, 0) is 4.79 Å². The van der Waals surface area contributed by atoms with Crippen LogP contribution in [0.1, 0.15) is 34.1 Å². The first kappa shape index (κ1) is 16.4. The largest absolute Gasteiger partial charge is 0.342 e. The molecule has 4 nitrogen and oxygen atoms in total. The van der Waals surface area contributed by atoms with Crippen LogP contribution >= 0.6 is 0 Å². The molecule has 0 rings (SSSR count). The quantitative estimate of drug-likeness (QED) is 0.618. The van der Waals surface area contributed by atoms with Gasteiger partial charge in [0.05, 0.1) is 6.54 Å². The van der Waals surface area contributed by atoms with Crippen molar-refractivity contribution in [1.82, 2.24) is 15.1 Å². The van der Waals surface area contributed by atoms with Crippen molar-refractivity contribution >= 4 is 5.91 Å². The Morgan fingerprint density at radius 3 is 2.35 bits per heavy atom. The number of carbonyl (C=O) groups is 1. The van der Waals surface area contributed by atoms with Crippen LogP contribution in [0.15, 0.2) is 0 Å². The Hall–Kier alpha value is -0.610.